The van der Waals surface area contributed by atoms with Crippen LogP contribution in [0.2, 0.25) is 0 Å². The molecule has 4 heteroatoms. The number of hydrogen-bond acceptors (Lipinski definition) is 4. The van der Waals surface area contributed by atoms with Gasteiger partial charge in [-0.1, -0.05) is 18.6 Å². The molecule has 4 aliphatic rings. The maximum absolute atomic E-state index is 10.5. The van der Waals surface area contributed by atoms with Crippen LogP contribution in [-0.4, -0.2) is 45.3 Å². The van der Waals surface area contributed by atoms with Crippen LogP contribution in [0.25, 0.3) is 0 Å². The van der Waals surface area contributed by atoms with Gasteiger partial charge in [-0.2, -0.15) is 0 Å². The van der Waals surface area contributed by atoms with Crippen molar-refractivity contribution in [1.29, 1.82) is 0 Å². The molecule has 3 unspecified atom stereocenters. The minimum Gasteiger partial charge on any atom is -0.395 e. The molecular weight excluding hydrogens is 292 g/mol. The molecule has 130 valence electrons. The van der Waals surface area contributed by atoms with E-state index in [9.17, 15) is 20.4 Å². The Bertz CT molecular complexity index is 517. The van der Waals surface area contributed by atoms with Gasteiger partial charge >= 0.3 is 0 Å². The Balaban J connectivity index is 1.70. The zero-order valence-electron chi connectivity index (χ0n) is 14.0. The van der Waals surface area contributed by atoms with Crippen molar-refractivity contribution in [2.45, 2.75) is 70.2 Å². The van der Waals surface area contributed by atoms with Crippen molar-refractivity contribution < 1.29 is 20.4 Å². The fourth-order valence-electron chi connectivity index (χ4n) is 6.72. The summed E-state index contributed by atoms with van der Waals surface area (Å²) in [5, 5.41) is 41.0. The first-order chi connectivity index (χ1) is 10.9. The maximum atomic E-state index is 10.5. The summed E-state index contributed by atoms with van der Waals surface area (Å²) in [4.78, 5) is 0. The molecule has 8 atom stereocenters. The summed E-state index contributed by atoms with van der Waals surface area (Å²) < 4.78 is 0. The van der Waals surface area contributed by atoms with E-state index in [-0.39, 0.29) is 23.5 Å². The molecule has 3 saturated carbocycles. The molecule has 0 saturated heterocycles. The highest BCUT2D eigenvalue weighted by molar-refractivity contribution is 5.27. The van der Waals surface area contributed by atoms with Crippen LogP contribution in [0.4, 0.5) is 0 Å². The highest BCUT2D eigenvalue weighted by Gasteiger charge is 2.61. The van der Waals surface area contributed by atoms with Gasteiger partial charge in [0.05, 0.1) is 24.9 Å². The van der Waals surface area contributed by atoms with Crippen LogP contribution in [0, 0.1) is 28.6 Å². The van der Waals surface area contributed by atoms with Gasteiger partial charge in [0.15, 0.2) is 0 Å². The third kappa shape index (κ3) is 2.05. The van der Waals surface area contributed by atoms with Crippen molar-refractivity contribution >= 4 is 0 Å². The van der Waals surface area contributed by atoms with Crippen LogP contribution in [-0.2, 0) is 0 Å². The molecule has 0 heterocycles. The monoisotopic (exact) mass is 322 g/mol. The summed E-state index contributed by atoms with van der Waals surface area (Å²) in [5.74, 6) is 1.20. The number of fused-ring (bicyclic) bond motifs is 5. The lowest BCUT2D eigenvalue weighted by atomic mass is 9.47. The van der Waals surface area contributed by atoms with Crippen LogP contribution in [0.3, 0.4) is 0 Å². The van der Waals surface area contributed by atoms with Crippen molar-refractivity contribution in [3.8, 4) is 0 Å². The molecule has 0 aliphatic heterocycles. The van der Waals surface area contributed by atoms with E-state index in [1.165, 1.54) is 5.57 Å². The van der Waals surface area contributed by atoms with Gasteiger partial charge in [-0.05, 0) is 68.1 Å². The highest BCUT2D eigenvalue weighted by Crippen LogP contribution is 2.64. The minimum absolute atomic E-state index is 0.165. The van der Waals surface area contributed by atoms with Gasteiger partial charge in [-0.15, -0.1) is 0 Å². The van der Waals surface area contributed by atoms with Crippen molar-refractivity contribution in [3.05, 3.63) is 11.6 Å². The maximum Gasteiger partial charge on any atom is 0.0855 e. The molecule has 4 rings (SSSR count). The second kappa shape index (κ2) is 5.29. The molecule has 0 radical (unpaired) electrons. The highest BCUT2D eigenvalue weighted by atomic mass is 16.3. The Hall–Kier alpha value is -0.420. The molecule has 23 heavy (non-hydrogen) atoms. The van der Waals surface area contributed by atoms with Crippen molar-refractivity contribution in [2.24, 2.45) is 28.6 Å². The lowest BCUT2D eigenvalue weighted by molar-refractivity contribution is -0.0954. The summed E-state index contributed by atoms with van der Waals surface area (Å²) in [6.07, 6.45) is 6.72. The Kier molecular flexibility index (Phi) is 3.69. The Labute approximate surface area is 138 Å². The van der Waals surface area contributed by atoms with E-state index in [4.69, 9.17) is 0 Å². The van der Waals surface area contributed by atoms with Gasteiger partial charge in [-0.25, -0.2) is 0 Å². The van der Waals surface area contributed by atoms with Gasteiger partial charge in [0, 0.05) is 5.41 Å². The van der Waals surface area contributed by atoms with Gasteiger partial charge in [-0.3, -0.25) is 0 Å². The number of aliphatic hydroxyl groups is 4. The first-order valence-electron chi connectivity index (χ1n) is 9.27. The van der Waals surface area contributed by atoms with Gasteiger partial charge in [0.1, 0.15) is 0 Å². The second-order valence-electron chi connectivity index (χ2n) is 8.85. The summed E-state index contributed by atoms with van der Waals surface area (Å²) in [6.45, 7) is 2.31. The van der Waals surface area contributed by atoms with Gasteiger partial charge in [0.25, 0.3) is 0 Å². The molecule has 0 aromatic heterocycles. The van der Waals surface area contributed by atoms with Crippen molar-refractivity contribution in [1.82, 2.24) is 0 Å². The molecule has 0 bridgehead atoms. The third-order valence-electron chi connectivity index (χ3n) is 8.06. The molecule has 4 nitrogen and oxygen atoms in total. The predicted molar refractivity (Wildman–Crippen MR) is 86.5 cm³/mol. The number of allylic oxidation sites excluding steroid dienone is 1. The SMILES string of the molecule is C[C@]12CCC3C(CC=C4C[C@H](O)CC[C@@]43CO)C1C[C@H](O)[C@@H]2O. The standard InChI is InChI=1S/C19H30O4/c1-18-6-5-14-13(15(18)9-16(22)17(18)23)3-2-11-8-12(21)4-7-19(11,14)10-20/h2,12-17,20-23H,3-10H2,1H3/t12-,13?,14?,15?,16+,17+,18+,19-/m1/s1. The molecule has 0 spiro atoms. The largest absolute Gasteiger partial charge is 0.395 e. The van der Waals surface area contributed by atoms with E-state index in [1.807, 2.05) is 0 Å². The molecule has 4 N–H and O–H groups in total. The average Bonchev–Trinajstić information content (AvgIpc) is 2.78. The van der Waals surface area contributed by atoms with E-state index in [0.29, 0.717) is 30.6 Å². The topological polar surface area (TPSA) is 80.9 Å². The number of rotatable bonds is 1. The Morgan fingerprint density at radius 1 is 1.13 bits per heavy atom. The number of aliphatic hydroxyl groups excluding tert-OH is 4. The van der Waals surface area contributed by atoms with Crippen molar-refractivity contribution in [2.75, 3.05) is 6.61 Å². The first-order valence-corrected chi connectivity index (χ1v) is 9.27. The lowest BCUT2D eigenvalue weighted by Crippen LogP contribution is -2.53. The van der Waals surface area contributed by atoms with Gasteiger partial charge in [0.2, 0.25) is 0 Å². The van der Waals surface area contributed by atoms with E-state index < -0.39 is 12.2 Å². The van der Waals surface area contributed by atoms with E-state index in [1.54, 1.807) is 0 Å². The smallest absolute Gasteiger partial charge is 0.0855 e. The third-order valence-corrected chi connectivity index (χ3v) is 8.06. The van der Waals surface area contributed by atoms with Crippen LogP contribution >= 0.6 is 0 Å². The number of hydrogen-bond donors (Lipinski definition) is 4. The van der Waals surface area contributed by atoms with E-state index in [2.05, 4.69) is 13.0 Å². The van der Waals surface area contributed by atoms with Crippen LogP contribution in [0.5, 0.6) is 0 Å². The fourth-order valence-corrected chi connectivity index (χ4v) is 6.72. The fraction of sp³-hybridized carbons (Fsp3) is 0.895. The zero-order valence-corrected chi connectivity index (χ0v) is 14.0. The predicted octanol–water partition coefficient (Wildman–Crippen LogP) is 1.61. The quantitative estimate of drug-likeness (QED) is 0.553. The first kappa shape index (κ1) is 16.1. The normalized spacial score (nSPS) is 55.6. The van der Waals surface area contributed by atoms with Gasteiger partial charge < -0.3 is 20.4 Å². The summed E-state index contributed by atoms with van der Waals surface area (Å²) in [7, 11) is 0. The molecule has 0 aromatic rings. The Morgan fingerprint density at radius 3 is 2.65 bits per heavy atom. The minimum atomic E-state index is -0.614. The molecule has 0 amide bonds. The molecule has 3 fully saturated rings. The molecular formula is C19H30O4. The summed E-state index contributed by atoms with van der Waals surface area (Å²) >= 11 is 0. The Morgan fingerprint density at radius 2 is 1.91 bits per heavy atom. The second-order valence-corrected chi connectivity index (χ2v) is 8.85. The van der Waals surface area contributed by atoms with Crippen molar-refractivity contribution in [3.63, 3.8) is 0 Å². The average molecular weight is 322 g/mol. The van der Waals surface area contributed by atoms with E-state index in [0.717, 1.165) is 32.1 Å². The zero-order chi connectivity index (χ0) is 16.4. The molecule has 0 aromatic carbocycles. The van der Waals surface area contributed by atoms with E-state index >= 15 is 0 Å². The lowest BCUT2D eigenvalue weighted by Gasteiger charge is -2.58. The molecule has 4 aliphatic carbocycles. The van der Waals surface area contributed by atoms with Crippen LogP contribution in [0.1, 0.15) is 51.9 Å². The van der Waals surface area contributed by atoms with Crippen LogP contribution in [0.15, 0.2) is 11.6 Å². The summed E-state index contributed by atoms with van der Waals surface area (Å²) in [6, 6.07) is 0. The van der Waals surface area contributed by atoms with Crippen LogP contribution < -0.4 is 0 Å². The summed E-state index contributed by atoms with van der Waals surface area (Å²) in [5.41, 5.74) is 0.918.